The number of hydrogen-bond donors (Lipinski definition) is 0. The van der Waals surface area contributed by atoms with Crippen molar-refractivity contribution in [2.75, 3.05) is 0 Å². The van der Waals surface area contributed by atoms with E-state index in [0.29, 0.717) is 11.3 Å². The van der Waals surface area contributed by atoms with Gasteiger partial charge in [0.25, 0.3) is 0 Å². The summed E-state index contributed by atoms with van der Waals surface area (Å²) in [5.74, 6) is -1.90. The molecule has 0 bridgehead atoms. The molecule has 5 heteroatoms. The Hall–Kier alpha value is -3.53. The Morgan fingerprint density at radius 1 is 0.606 bits per heavy atom. The molecule has 0 atom stereocenters. The summed E-state index contributed by atoms with van der Waals surface area (Å²) in [5, 5.41) is 0. The average molecular weight is 613 g/mol. The quantitative estimate of drug-likeness (QED) is 0.204. The van der Waals surface area contributed by atoms with Gasteiger partial charge < -0.3 is 9.97 Å². The van der Waals surface area contributed by atoms with Gasteiger partial charge in [-0.15, -0.1) is 59.7 Å². The number of pyridine rings is 2. The van der Waals surface area contributed by atoms with E-state index in [9.17, 15) is 8.78 Å². The molecule has 0 amide bonds. The van der Waals surface area contributed by atoms with Crippen LogP contribution in [-0.2, 0) is 20.1 Å². The van der Waals surface area contributed by atoms with Crippen molar-refractivity contribution in [2.45, 2.75) is 0 Å². The van der Waals surface area contributed by atoms with Crippen molar-refractivity contribution < 1.29 is 28.9 Å². The summed E-state index contributed by atoms with van der Waals surface area (Å²) in [5.41, 5.74) is 5.01. The van der Waals surface area contributed by atoms with Gasteiger partial charge in [0.2, 0.25) is 0 Å². The predicted molar refractivity (Wildman–Crippen MR) is 122 cm³/mol. The van der Waals surface area contributed by atoms with Gasteiger partial charge in [0.1, 0.15) is 0 Å². The van der Waals surface area contributed by atoms with Crippen LogP contribution in [0, 0.1) is 23.8 Å². The molecule has 2 aromatic heterocycles. The van der Waals surface area contributed by atoms with Gasteiger partial charge >= 0.3 is 0 Å². The molecule has 0 unspecified atom stereocenters. The Bertz CT molecular complexity index is 1240. The normalized spacial score (nSPS) is 9.88. The molecule has 0 aliphatic carbocycles. The molecule has 0 saturated heterocycles. The van der Waals surface area contributed by atoms with Crippen molar-refractivity contribution in [3.8, 4) is 33.6 Å². The molecule has 3 aromatic carbocycles. The first-order valence-electron chi connectivity index (χ1n) is 9.98. The van der Waals surface area contributed by atoms with E-state index in [1.807, 2.05) is 84.9 Å². The van der Waals surface area contributed by atoms with E-state index in [1.54, 1.807) is 12.4 Å². The number of halogens is 2. The second-order valence-corrected chi connectivity index (χ2v) is 6.82. The minimum Gasteiger partial charge on any atom is -0.305 e. The van der Waals surface area contributed by atoms with Crippen LogP contribution in [0.15, 0.2) is 109 Å². The Morgan fingerprint density at radius 2 is 1.36 bits per heavy atom. The summed E-state index contributed by atoms with van der Waals surface area (Å²) < 4.78 is 26.2. The second-order valence-electron chi connectivity index (χ2n) is 6.82. The first-order chi connectivity index (χ1) is 15.7. The first kappa shape index (κ1) is 24.1. The van der Waals surface area contributed by atoms with Gasteiger partial charge in [-0.05, 0) is 34.6 Å². The molecule has 0 spiro atoms. The maximum absolute atomic E-state index is 13.2. The van der Waals surface area contributed by atoms with E-state index in [0.717, 1.165) is 28.5 Å². The van der Waals surface area contributed by atoms with Crippen LogP contribution < -0.4 is 0 Å². The fourth-order valence-electron chi connectivity index (χ4n) is 3.06. The van der Waals surface area contributed by atoms with Crippen LogP contribution in [0.3, 0.4) is 0 Å². The average Bonchev–Trinajstić information content (AvgIpc) is 2.88. The summed E-state index contributed by atoms with van der Waals surface area (Å²) in [6, 6.07) is 35.2. The van der Waals surface area contributed by atoms with E-state index >= 15 is 0 Å². The molecular formula is C28H18F2IrN2-2. The number of aromatic nitrogens is 2. The van der Waals surface area contributed by atoms with Crippen LogP contribution >= 0.6 is 0 Å². The van der Waals surface area contributed by atoms with Gasteiger partial charge in [0.15, 0.2) is 0 Å². The molecule has 165 valence electrons. The molecule has 5 rings (SSSR count). The van der Waals surface area contributed by atoms with Crippen LogP contribution in [0.1, 0.15) is 0 Å². The zero-order chi connectivity index (χ0) is 22.2. The molecule has 1 radical (unpaired) electrons. The molecule has 0 aliphatic heterocycles. The number of benzene rings is 3. The van der Waals surface area contributed by atoms with Crippen molar-refractivity contribution in [3.63, 3.8) is 0 Å². The third-order valence-electron chi connectivity index (χ3n) is 4.64. The Kier molecular flexibility index (Phi) is 8.70. The van der Waals surface area contributed by atoms with Gasteiger partial charge in [0, 0.05) is 32.5 Å². The summed E-state index contributed by atoms with van der Waals surface area (Å²) in [6.45, 7) is 0. The molecule has 0 saturated carbocycles. The summed E-state index contributed by atoms with van der Waals surface area (Å²) in [6.07, 6.45) is 3.43. The molecule has 33 heavy (non-hydrogen) atoms. The van der Waals surface area contributed by atoms with E-state index < -0.39 is 11.6 Å². The summed E-state index contributed by atoms with van der Waals surface area (Å²) in [4.78, 5) is 8.40. The topological polar surface area (TPSA) is 25.8 Å². The Morgan fingerprint density at radius 3 is 2.06 bits per heavy atom. The van der Waals surface area contributed by atoms with Crippen LogP contribution in [0.5, 0.6) is 0 Å². The number of rotatable bonds is 3. The summed E-state index contributed by atoms with van der Waals surface area (Å²) in [7, 11) is 0. The summed E-state index contributed by atoms with van der Waals surface area (Å²) >= 11 is 0. The Labute approximate surface area is 205 Å². The van der Waals surface area contributed by atoms with Crippen molar-refractivity contribution in [1.82, 2.24) is 9.97 Å². The van der Waals surface area contributed by atoms with E-state index in [1.165, 1.54) is 6.07 Å². The first-order valence-corrected chi connectivity index (χ1v) is 9.98. The predicted octanol–water partition coefficient (Wildman–Crippen LogP) is 7.04. The van der Waals surface area contributed by atoms with Gasteiger partial charge in [-0.25, -0.2) is 4.39 Å². The molecular weight excluding hydrogens is 595 g/mol. The molecule has 0 fully saturated rings. The van der Waals surface area contributed by atoms with E-state index in [4.69, 9.17) is 0 Å². The van der Waals surface area contributed by atoms with Crippen molar-refractivity contribution in [1.29, 1.82) is 0 Å². The van der Waals surface area contributed by atoms with Gasteiger partial charge in [-0.3, -0.25) is 4.39 Å². The minimum atomic E-state index is -0.991. The SMILES string of the molecule is Fc1[c-]c(-c2cc(-c3ccccc3)ccn2)ccc1F.[Ir].[c-]1ccccc1-c1ccccn1. The van der Waals surface area contributed by atoms with Gasteiger partial charge in [0.05, 0.1) is 11.6 Å². The van der Waals surface area contributed by atoms with E-state index in [2.05, 4.69) is 22.1 Å². The van der Waals surface area contributed by atoms with Crippen LogP contribution in [0.25, 0.3) is 33.6 Å². The second kappa shape index (κ2) is 11.9. The van der Waals surface area contributed by atoms with Crippen molar-refractivity contribution >= 4 is 0 Å². The van der Waals surface area contributed by atoms with Gasteiger partial charge in [-0.1, -0.05) is 48.5 Å². The van der Waals surface area contributed by atoms with Crippen molar-refractivity contribution in [2.24, 2.45) is 0 Å². The molecule has 2 heterocycles. The third-order valence-corrected chi connectivity index (χ3v) is 4.64. The standard InChI is InChI=1S/C17H10F2N.C11H8N.Ir/c18-15-7-6-14(10-16(15)19)17-11-13(8-9-20-17)12-4-2-1-3-5-12;1-2-6-10(7-3-1)11-8-4-5-9-12-11;/h1-9,11H;1-6,8-9H;/q2*-1;. The molecule has 5 aromatic rings. The zero-order valence-electron chi connectivity index (χ0n) is 17.4. The fraction of sp³-hybridized carbons (Fsp3) is 0. The fourth-order valence-corrected chi connectivity index (χ4v) is 3.06. The molecule has 0 aliphatic rings. The Balaban J connectivity index is 0.000000202. The molecule has 2 nitrogen and oxygen atoms in total. The van der Waals surface area contributed by atoms with Crippen LogP contribution in [-0.4, -0.2) is 9.97 Å². The monoisotopic (exact) mass is 613 g/mol. The number of nitrogens with zero attached hydrogens (tertiary/aromatic N) is 2. The van der Waals surface area contributed by atoms with Crippen molar-refractivity contribution in [3.05, 3.63) is 133 Å². The van der Waals surface area contributed by atoms with Crippen LogP contribution in [0.4, 0.5) is 8.78 Å². The van der Waals surface area contributed by atoms with Crippen LogP contribution in [0.2, 0.25) is 0 Å². The third kappa shape index (κ3) is 6.48. The number of hydrogen-bond acceptors (Lipinski definition) is 2. The zero-order valence-corrected chi connectivity index (χ0v) is 19.8. The molecule has 0 N–H and O–H groups in total. The largest absolute Gasteiger partial charge is 0.305 e. The minimum absolute atomic E-state index is 0. The maximum Gasteiger partial charge on any atom is 0.0751 e. The smallest absolute Gasteiger partial charge is 0.0751 e. The van der Waals surface area contributed by atoms with E-state index in [-0.39, 0.29) is 20.1 Å². The van der Waals surface area contributed by atoms with Gasteiger partial charge in [-0.2, -0.15) is 0 Å². The maximum atomic E-state index is 13.2.